The molecule has 2 aliphatic rings. The third kappa shape index (κ3) is 7.71. The van der Waals surface area contributed by atoms with Gasteiger partial charge < -0.3 is 24.8 Å². The molecule has 8 heteroatoms. The van der Waals surface area contributed by atoms with Crippen molar-refractivity contribution in [2.75, 3.05) is 72.9 Å². The molecule has 2 atom stereocenters. The second kappa shape index (κ2) is 13.1. The summed E-state index contributed by atoms with van der Waals surface area (Å²) >= 11 is 6.09. The summed E-state index contributed by atoms with van der Waals surface area (Å²) in [4.78, 5) is 6.82. The fraction of sp³-hybridized carbons (Fsp3) is 0.682. The van der Waals surface area contributed by atoms with E-state index in [9.17, 15) is 0 Å². The van der Waals surface area contributed by atoms with Gasteiger partial charge in [-0.1, -0.05) is 23.7 Å². The molecule has 2 heterocycles. The maximum Gasteiger partial charge on any atom is 0.191 e. The summed E-state index contributed by atoms with van der Waals surface area (Å²) in [5, 5.41) is 7.63. The Labute approximate surface area is 185 Å². The van der Waals surface area contributed by atoms with Crippen molar-refractivity contribution in [1.29, 1.82) is 0 Å². The second-order valence-corrected chi connectivity index (χ2v) is 8.19. The minimum atomic E-state index is 0.238. The smallest absolute Gasteiger partial charge is 0.191 e. The minimum Gasteiger partial charge on any atom is -0.381 e. The number of morpholine rings is 1. The first-order chi connectivity index (χ1) is 14.8. The topological polar surface area (TPSA) is 67.4 Å². The van der Waals surface area contributed by atoms with Crippen LogP contribution in [0.15, 0.2) is 29.3 Å². The molecule has 1 aromatic carbocycles. The first kappa shape index (κ1) is 23.3. The number of benzene rings is 1. The highest BCUT2D eigenvalue weighted by molar-refractivity contribution is 6.30. The molecule has 7 nitrogen and oxygen atoms in total. The summed E-state index contributed by atoms with van der Waals surface area (Å²) in [6.45, 7) is 8.23. The summed E-state index contributed by atoms with van der Waals surface area (Å²) in [5.41, 5.74) is 1.24. The summed E-state index contributed by atoms with van der Waals surface area (Å²) in [6.07, 6.45) is 2.06. The number of rotatable bonds is 10. The van der Waals surface area contributed by atoms with Gasteiger partial charge in [0.25, 0.3) is 0 Å². The molecular formula is C22H35ClN4O3. The standard InChI is InChI=1S/C22H35ClN4O3/c1-24-22(25-8-2-11-29-16-18-7-12-30-17-18)26-15-21(27-9-13-28-14-10-27)19-3-5-20(23)6-4-19/h3-6,18,21H,2,7-17H2,1H3,(H2,24,25,26). The number of hydrogen-bond acceptors (Lipinski definition) is 5. The van der Waals surface area contributed by atoms with Gasteiger partial charge in [-0.05, 0) is 30.5 Å². The first-order valence-electron chi connectivity index (χ1n) is 10.9. The van der Waals surface area contributed by atoms with E-state index in [1.165, 1.54) is 5.56 Å². The molecule has 0 spiro atoms. The molecule has 0 amide bonds. The molecule has 0 aliphatic carbocycles. The summed E-state index contributed by atoms with van der Waals surface area (Å²) in [6, 6.07) is 8.35. The molecule has 2 aliphatic heterocycles. The zero-order chi connectivity index (χ0) is 21.0. The molecule has 3 rings (SSSR count). The molecule has 2 N–H and O–H groups in total. The van der Waals surface area contributed by atoms with E-state index in [1.54, 1.807) is 7.05 Å². The van der Waals surface area contributed by atoms with Crippen LogP contribution < -0.4 is 10.6 Å². The summed E-state index contributed by atoms with van der Waals surface area (Å²) in [5.74, 6) is 1.38. The van der Waals surface area contributed by atoms with E-state index >= 15 is 0 Å². The highest BCUT2D eigenvalue weighted by Crippen LogP contribution is 2.23. The van der Waals surface area contributed by atoms with Crippen molar-refractivity contribution in [3.05, 3.63) is 34.9 Å². The van der Waals surface area contributed by atoms with Crippen molar-refractivity contribution < 1.29 is 14.2 Å². The second-order valence-electron chi connectivity index (χ2n) is 7.75. The van der Waals surface area contributed by atoms with Crippen LogP contribution in [-0.2, 0) is 14.2 Å². The average molecular weight is 439 g/mol. The number of aliphatic imine (C=N–C) groups is 1. The predicted octanol–water partition coefficient (Wildman–Crippen LogP) is 2.32. The minimum absolute atomic E-state index is 0.238. The quantitative estimate of drug-likeness (QED) is 0.332. The van der Waals surface area contributed by atoms with Crippen LogP contribution in [0.1, 0.15) is 24.4 Å². The van der Waals surface area contributed by atoms with Crippen LogP contribution in [-0.4, -0.2) is 83.7 Å². The van der Waals surface area contributed by atoms with Gasteiger partial charge in [0.05, 0.1) is 32.5 Å². The zero-order valence-electron chi connectivity index (χ0n) is 17.9. The van der Waals surface area contributed by atoms with Gasteiger partial charge in [0.1, 0.15) is 0 Å². The van der Waals surface area contributed by atoms with Crippen molar-refractivity contribution in [2.45, 2.75) is 18.9 Å². The van der Waals surface area contributed by atoms with Crippen molar-refractivity contribution in [2.24, 2.45) is 10.9 Å². The molecule has 2 unspecified atom stereocenters. The Kier molecular flexibility index (Phi) is 10.2. The predicted molar refractivity (Wildman–Crippen MR) is 120 cm³/mol. The van der Waals surface area contributed by atoms with Crippen LogP contribution in [0, 0.1) is 5.92 Å². The fourth-order valence-electron chi connectivity index (χ4n) is 3.79. The van der Waals surface area contributed by atoms with Gasteiger partial charge in [0.15, 0.2) is 5.96 Å². The molecule has 2 saturated heterocycles. The molecule has 0 aromatic heterocycles. The third-order valence-electron chi connectivity index (χ3n) is 5.56. The van der Waals surface area contributed by atoms with Gasteiger partial charge in [-0.3, -0.25) is 9.89 Å². The molecule has 1 aromatic rings. The van der Waals surface area contributed by atoms with E-state index in [0.717, 1.165) is 89.6 Å². The Balaban J connectivity index is 1.41. The van der Waals surface area contributed by atoms with E-state index in [2.05, 4.69) is 32.7 Å². The Hall–Kier alpha value is -1.38. The van der Waals surface area contributed by atoms with Crippen molar-refractivity contribution in [3.63, 3.8) is 0 Å². The van der Waals surface area contributed by atoms with Gasteiger partial charge in [-0.25, -0.2) is 0 Å². The molecule has 168 valence electrons. The Morgan fingerprint density at radius 2 is 2.00 bits per heavy atom. The number of nitrogens with zero attached hydrogens (tertiary/aromatic N) is 2. The Morgan fingerprint density at radius 3 is 2.70 bits per heavy atom. The molecule has 2 fully saturated rings. The highest BCUT2D eigenvalue weighted by atomic mass is 35.5. The van der Waals surface area contributed by atoms with Gasteiger partial charge >= 0.3 is 0 Å². The molecule has 0 saturated carbocycles. The Bertz CT molecular complexity index is 632. The van der Waals surface area contributed by atoms with E-state index in [1.807, 2.05) is 12.1 Å². The van der Waals surface area contributed by atoms with Crippen LogP contribution in [0.2, 0.25) is 5.02 Å². The number of halogens is 1. The van der Waals surface area contributed by atoms with E-state index in [4.69, 9.17) is 25.8 Å². The number of nitrogens with one attached hydrogen (secondary N) is 2. The maximum absolute atomic E-state index is 6.09. The lowest BCUT2D eigenvalue weighted by Crippen LogP contribution is -2.46. The van der Waals surface area contributed by atoms with E-state index in [0.29, 0.717) is 5.92 Å². The van der Waals surface area contributed by atoms with Crippen molar-refractivity contribution >= 4 is 17.6 Å². The average Bonchev–Trinajstić information content (AvgIpc) is 3.30. The lowest BCUT2D eigenvalue weighted by atomic mass is 10.0. The largest absolute Gasteiger partial charge is 0.381 e. The number of hydrogen-bond donors (Lipinski definition) is 2. The van der Waals surface area contributed by atoms with Crippen LogP contribution in [0.4, 0.5) is 0 Å². The van der Waals surface area contributed by atoms with Crippen molar-refractivity contribution in [1.82, 2.24) is 15.5 Å². The fourth-order valence-corrected chi connectivity index (χ4v) is 3.92. The van der Waals surface area contributed by atoms with Crippen LogP contribution in [0.3, 0.4) is 0 Å². The molecule has 30 heavy (non-hydrogen) atoms. The zero-order valence-corrected chi connectivity index (χ0v) is 18.7. The maximum atomic E-state index is 6.09. The van der Waals surface area contributed by atoms with Crippen LogP contribution in [0.5, 0.6) is 0 Å². The van der Waals surface area contributed by atoms with Gasteiger partial charge in [0, 0.05) is 57.4 Å². The van der Waals surface area contributed by atoms with E-state index in [-0.39, 0.29) is 6.04 Å². The normalized spacial score (nSPS) is 21.5. The van der Waals surface area contributed by atoms with Crippen LogP contribution in [0.25, 0.3) is 0 Å². The van der Waals surface area contributed by atoms with E-state index < -0.39 is 0 Å². The summed E-state index contributed by atoms with van der Waals surface area (Å²) in [7, 11) is 1.80. The van der Waals surface area contributed by atoms with Gasteiger partial charge in [0.2, 0.25) is 0 Å². The lowest BCUT2D eigenvalue weighted by molar-refractivity contribution is 0.0170. The first-order valence-corrected chi connectivity index (χ1v) is 11.3. The molecule has 0 radical (unpaired) electrons. The monoisotopic (exact) mass is 438 g/mol. The van der Waals surface area contributed by atoms with Crippen molar-refractivity contribution in [3.8, 4) is 0 Å². The Morgan fingerprint density at radius 1 is 1.20 bits per heavy atom. The van der Waals surface area contributed by atoms with Crippen LogP contribution >= 0.6 is 11.6 Å². The molecule has 0 bridgehead atoms. The SMILES string of the molecule is CN=C(NCCCOCC1CCOC1)NCC(c1ccc(Cl)cc1)N1CCOCC1. The number of ether oxygens (including phenoxy) is 3. The van der Waals surface area contributed by atoms with Gasteiger partial charge in [-0.15, -0.1) is 0 Å². The highest BCUT2D eigenvalue weighted by Gasteiger charge is 2.23. The molecular weight excluding hydrogens is 404 g/mol. The number of guanidine groups is 1. The third-order valence-corrected chi connectivity index (χ3v) is 5.82. The lowest BCUT2D eigenvalue weighted by Gasteiger charge is -2.35. The summed E-state index contributed by atoms with van der Waals surface area (Å²) < 4.78 is 16.7. The van der Waals surface area contributed by atoms with Gasteiger partial charge in [-0.2, -0.15) is 0 Å².